The van der Waals surface area contributed by atoms with Crippen LogP contribution in [0.2, 0.25) is 0 Å². The number of alkyl carbamates (subject to hydrolysis) is 1. The SMILES string of the molecule is CC(=O)C[C@H](C)C(=O)NCC/C=C\CCNC(=O)[C@H](CC(=O)NC(c1ccccc1)(c1ccccc1)c1ccccc1)NC(=O)OC(C)(C)C. The molecule has 3 aromatic rings. The van der Waals surface area contributed by atoms with Gasteiger partial charge in [-0.05, 0) is 57.2 Å². The highest BCUT2D eigenvalue weighted by Gasteiger charge is 2.39. The van der Waals surface area contributed by atoms with Crippen LogP contribution in [0.4, 0.5) is 4.79 Å². The fraction of sp³-hybridized carbons (Fsp3) is 0.375. The van der Waals surface area contributed by atoms with Crippen molar-refractivity contribution >= 4 is 29.6 Å². The molecule has 4 N–H and O–H groups in total. The van der Waals surface area contributed by atoms with Gasteiger partial charge in [0, 0.05) is 25.4 Å². The van der Waals surface area contributed by atoms with Gasteiger partial charge in [-0.2, -0.15) is 0 Å². The van der Waals surface area contributed by atoms with Crippen LogP contribution >= 0.6 is 0 Å². The fourth-order valence-electron chi connectivity index (χ4n) is 5.50. The van der Waals surface area contributed by atoms with Crippen molar-refractivity contribution in [2.45, 2.75) is 77.5 Å². The minimum Gasteiger partial charge on any atom is -0.444 e. The van der Waals surface area contributed by atoms with E-state index in [-0.39, 0.29) is 37.0 Å². The van der Waals surface area contributed by atoms with Crippen molar-refractivity contribution in [3.63, 3.8) is 0 Å². The molecule has 0 spiro atoms. The number of ether oxygens (including phenoxy) is 1. The third-order valence-corrected chi connectivity index (χ3v) is 7.77. The van der Waals surface area contributed by atoms with Crippen LogP contribution < -0.4 is 21.3 Å². The van der Waals surface area contributed by atoms with Crippen molar-refractivity contribution in [1.29, 1.82) is 0 Å². The second-order valence-electron chi connectivity index (χ2n) is 13.2. The second-order valence-corrected chi connectivity index (χ2v) is 13.2. The van der Waals surface area contributed by atoms with Gasteiger partial charge < -0.3 is 30.8 Å². The summed E-state index contributed by atoms with van der Waals surface area (Å²) >= 11 is 0. The molecule has 3 rings (SSSR count). The van der Waals surface area contributed by atoms with E-state index in [1.807, 2.05) is 103 Å². The lowest BCUT2D eigenvalue weighted by atomic mass is 9.77. The first kappa shape index (κ1) is 39.2. The maximum atomic E-state index is 14.0. The van der Waals surface area contributed by atoms with Crippen molar-refractivity contribution in [2.24, 2.45) is 5.92 Å². The Morgan fingerprint density at radius 1 is 0.680 bits per heavy atom. The number of benzene rings is 3. The number of hydrogen-bond donors (Lipinski definition) is 4. The van der Waals surface area contributed by atoms with E-state index in [4.69, 9.17) is 4.74 Å². The van der Waals surface area contributed by atoms with Crippen LogP contribution in [-0.2, 0) is 29.5 Å². The van der Waals surface area contributed by atoms with Gasteiger partial charge in [0.1, 0.15) is 23.0 Å². The summed E-state index contributed by atoms with van der Waals surface area (Å²) in [5.74, 6) is -1.56. The number of carbonyl (C=O) groups excluding carboxylic acids is 5. The minimum absolute atomic E-state index is 0.0292. The van der Waals surface area contributed by atoms with Gasteiger partial charge in [-0.1, -0.05) is 110 Å². The molecule has 2 atom stereocenters. The molecule has 10 heteroatoms. The van der Waals surface area contributed by atoms with Crippen LogP contribution in [0.3, 0.4) is 0 Å². The zero-order valence-electron chi connectivity index (χ0n) is 29.7. The Morgan fingerprint density at radius 2 is 1.12 bits per heavy atom. The molecule has 10 nitrogen and oxygen atoms in total. The summed E-state index contributed by atoms with van der Waals surface area (Å²) in [5, 5.41) is 11.5. The number of rotatable bonds is 17. The molecule has 0 heterocycles. The van der Waals surface area contributed by atoms with E-state index in [1.165, 1.54) is 6.92 Å². The predicted octanol–water partition coefficient (Wildman–Crippen LogP) is 5.56. The number of nitrogens with one attached hydrogen (secondary N) is 4. The first-order chi connectivity index (χ1) is 23.8. The molecule has 0 aliphatic carbocycles. The minimum atomic E-state index is -1.22. The first-order valence-electron chi connectivity index (χ1n) is 17.0. The number of Topliss-reactive ketones (excluding diaryl/α,β-unsaturated/α-hetero) is 1. The monoisotopic (exact) mass is 682 g/mol. The van der Waals surface area contributed by atoms with Gasteiger partial charge >= 0.3 is 6.09 Å². The number of carbonyl (C=O) groups is 5. The Balaban J connectivity index is 1.74. The lowest BCUT2D eigenvalue weighted by Gasteiger charge is -2.37. The van der Waals surface area contributed by atoms with E-state index in [0.717, 1.165) is 16.7 Å². The Labute approximate surface area is 295 Å². The summed E-state index contributed by atoms with van der Waals surface area (Å²) < 4.78 is 5.42. The smallest absolute Gasteiger partial charge is 0.408 e. The molecule has 0 bridgehead atoms. The lowest BCUT2D eigenvalue weighted by Crippen LogP contribution is -2.53. The van der Waals surface area contributed by atoms with Gasteiger partial charge in [0.2, 0.25) is 17.7 Å². The second kappa shape index (κ2) is 19.1. The van der Waals surface area contributed by atoms with E-state index in [1.54, 1.807) is 27.7 Å². The normalized spacial score (nSPS) is 12.7. The van der Waals surface area contributed by atoms with E-state index < -0.39 is 35.1 Å². The van der Waals surface area contributed by atoms with Crippen LogP contribution in [-0.4, -0.2) is 54.3 Å². The van der Waals surface area contributed by atoms with Crippen LogP contribution in [0.25, 0.3) is 0 Å². The van der Waals surface area contributed by atoms with Crippen molar-refractivity contribution in [1.82, 2.24) is 21.3 Å². The number of hydrogen-bond acceptors (Lipinski definition) is 6. The largest absolute Gasteiger partial charge is 0.444 e. The maximum absolute atomic E-state index is 14.0. The summed E-state index contributed by atoms with van der Waals surface area (Å²) in [6.45, 7) is 9.01. The molecule has 266 valence electrons. The summed E-state index contributed by atoms with van der Waals surface area (Å²) in [5.41, 5.74) is 0.562. The Kier molecular flexibility index (Phi) is 14.9. The summed E-state index contributed by atoms with van der Waals surface area (Å²) in [6, 6.07) is 27.6. The maximum Gasteiger partial charge on any atom is 0.408 e. The van der Waals surface area contributed by atoms with Crippen molar-refractivity contribution in [3.05, 3.63) is 120 Å². The molecular formula is C40H50N4O6. The molecule has 0 radical (unpaired) electrons. The van der Waals surface area contributed by atoms with E-state index in [2.05, 4.69) is 21.3 Å². The zero-order valence-corrected chi connectivity index (χ0v) is 29.7. The zero-order chi connectivity index (χ0) is 36.6. The standard InChI is InChI=1S/C40H50N4O6/c1-29(27-30(2)45)36(47)41-25-17-6-7-18-26-42-37(48)34(43-38(49)50-39(3,4)5)28-35(46)44-40(31-19-11-8-12-20-31,32-21-13-9-14-22-32)33-23-15-10-16-24-33/h6-16,19-24,29,34H,17-18,25-28H2,1-5H3,(H,41,47)(H,42,48)(H,43,49)(H,44,46)/b7-6-/t29-,34-/m0/s1. The molecule has 0 aliphatic rings. The van der Waals surface area contributed by atoms with Crippen LogP contribution in [0.15, 0.2) is 103 Å². The quantitative estimate of drug-likeness (QED) is 0.0834. The molecule has 0 aliphatic heterocycles. The molecule has 0 saturated carbocycles. The van der Waals surface area contributed by atoms with Crippen LogP contribution in [0.5, 0.6) is 0 Å². The van der Waals surface area contributed by atoms with Gasteiger partial charge in [-0.3, -0.25) is 14.4 Å². The molecule has 0 unspecified atom stereocenters. The third kappa shape index (κ3) is 12.3. The van der Waals surface area contributed by atoms with Gasteiger partial charge in [-0.25, -0.2) is 4.79 Å². The Hall–Kier alpha value is -5.25. The molecule has 3 aromatic carbocycles. The molecule has 4 amide bonds. The average Bonchev–Trinajstić information content (AvgIpc) is 3.08. The highest BCUT2D eigenvalue weighted by atomic mass is 16.6. The number of amides is 4. The topological polar surface area (TPSA) is 143 Å². The summed E-state index contributed by atoms with van der Waals surface area (Å²) in [6.07, 6.45) is 3.89. The summed E-state index contributed by atoms with van der Waals surface area (Å²) in [4.78, 5) is 63.6. The van der Waals surface area contributed by atoms with Crippen molar-refractivity contribution < 1.29 is 28.7 Å². The van der Waals surface area contributed by atoms with Crippen LogP contribution in [0, 0.1) is 5.92 Å². The van der Waals surface area contributed by atoms with E-state index >= 15 is 0 Å². The van der Waals surface area contributed by atoms with Crippen molar-refractivity contribution in [2.75, 3.05) is 13.1 Å². The van der Waals surface area contributed by atoms with Crippen molar-refractivity contribution in [3.8, 4) is 0 Å². The van der Waals surface area contributed by atoms with Crippen LogP contribution in [0.1, 0.15) is 77.0 Å². The van der Waals surface area contributed by atoms with Gasteiger partial charge in [0.25, 0.3) is 0 Å². The predicted molar refractivity (Wildman–Crippen MR) is 194 cm³/mol. The lowest BCUT2D eigenvalue weighted by molar-refractivity contribution is -0.129. The van der Waals surface area contributed by atoms with E-state index in [9.17, 15) is 24.0 Å². The van der Waals surface area contributed by atoms with Gasteiger partial charge in [0.15, 0.2) is 0 Å². The first-order valence-corrected chi connectivity index (χ1v) is 17.0. The fourth-order valence-corrected chi connectivity index (χ4v) is 5.50. The van der Waals surface area contributed by atoms with E-state index in [0.29, 0.717) is 19.4 Å². The molecule has 0 saturated heterocycles. The Bertz CT molecular complexity index is 1490. The molecular weight excluding hydrogens is 632 g/mol. The third-order valence-electron chi connectivity index (χ3n) is 7.77. The van der Waals surface area contributed by atoms with Gasteiger partial charge in [0.05, 0.1) is 6.42 Å². The Morgan fingerprint density at radius 3 is 1.54 bits per heavy atom. The average molecular weight is 683 g/mol. The highest BCUT2D eigenvalue weighted by molar-refractivity contribution is 5.91. The molecule has 0 fully saturated rings. The highest BCUT2D eigenvalue weighted by Crippen LogP contribution is 2.37. The summed E-state index contributed by atoms with van der Waals surface area (Å²) in [7, 11) is 0. The van der Waals surface area contributed by atoms with Gasteiger partial charge in [-0.15, -0.1) is 0 Å². The molecule has 0 aromatic heterocycles. The number of ketones is 1. The molecule has 50 heavy (non-hydrogen) atoms.